The van der Waals surface area contributed by atoms with Crippen LogP contribution in [0.5, 0.6) is 0 Å². The first kappa shape index (κ1) is 8.21. The number of nitrogens with one attached hydrogen (secondary N) is 2. The molecule has 1 aromatic heterocycles. The Hall–Kier alpha value is -1.79. The Morgan fingerprint density at radius 3 is 2.30 bits per heavy atom. The summed E-state index contributed by atoms with van der Waals surface area (Å²) in [6.07, 6.45) is 1.73. The summed E-state index contributed by atoms with van der Waals surface area (Å²) < 4.78 is 0. The molecule has 1 heterocycles. The summed E-state index contributed by atoms with van der Waals surface area (Å²) in [5, 5.41) is 20.1. The van der Waals surface area contributed by atoms with Crippen LogP contribution in [0, 0.1) is 15.3 Å². The molecule has 0 fully saturated rings. The molecule has 0 bridgehead atoms. The maximum atomic E-state index is 8.25. The van der Waals surface area contributed by atoms with E-state index in [9.17, 15) is 0 Å². The summed E-state index contributed by atoms with van der Waals surface area (Å²) in [5.41, 5.74) is 5.19. The average molecular weight is 146 g/mol. The number of nitrogens with two attached hydrogens (primary N) is 1. The maximum absolute atomic E-state index is 8.25. The van der Waals surface area contributed by atoms with Gasteiger partial charge >= 0.3 is 0 Å². The molecule has 0 atom stereocenters. The highest BCUT2D eigenvalue weighted by molar-refractivity contribution is 5.20. The maximum Gasteiger partial charge on any atom is 0.195 e. The van der Waals surface area contributed by atoms with Crippen LogP contribution in [0.3, 0.4) is 0 Å². The molecule has 0 aromatic carbocycles. The summed E-state index contributed by atoms with van der Waals surface area (Å²) in [7, 11) is 0. The topological polar surface area (TPSA) is 122 Å². The molecule has 0 amide bonds. The van der Waals surface area contributed by atoms with Gasteiger partial charge in [-0.3, -0.25) is 0 Å². The zero-order chi connectivity index (χ0) is 7.98. The molecule has 0 radical (unpaired) electrons. The molecule has 0 spiro atoms. The van der Waals surface area contributed by atoms with E-state index in [-0.39, 0.29) is 0 Å². The highest BCUT2D eigenvalue weighted by atomic mass is 16.9. The van der Waals surface area contributed by atoms with Crippen LogP contribution in [0.15, 0.2) is 12.3 Å². The smallest absolute Gasteiger partial charge is 0.195 e. The van der Waals surface area contributed by atoms with Crippen LogP contribution >= 0.6 is 0 Å². The molecule has 7 heteroatoms. The SMILES string of the molecule is Nc1cc[nH+][nH]1.O=[N+]([O-])[O-]. The number of nitrogens with zero attached hydrogens (tertiary/aromatic N) is 1. The Labute approximate surface area is 55.6 Å². The van der Waals surface area contributed by atoms with Gasteiger partial charge in [-0.1, -0.05) is 0 Å². The molecule has 4 N–H and O–H groups in total. The van der Waals surface area contributed by atoms with Crippen molar-refractivity contribution >= 4 is 5.82 Å². The van der Waals surface area contributed by atoms with E-state index in [1.54, 1.807) is 12.3 Å². The largest absolute Gasteiger partial charge is 0.381 e. The summed E-state index contributed by atoms with van der Waals surface area (Å²) in [6, 6.07) is 1.75. The van der Waals surface area contributed by atoms with Crippen molar-refractivity contribution in [2.45, 2.75) is 0 Å². The lowest BCUT2D eigenvalue weighted by Crippen LogP contribution is -1.99. The molecule has 0 aliphatic rings. The third kappa shape index (κ3) is 6.21. The van der Waals surface area contributed by atoms with E-state index in [1.165, 1.54) is 0 Å². The molecule has 0 unspecified atom stereocenters. The highest BCUT2D eigenvalue weighted by Gasteiger charge is 1.80. The zero-order valence-corrected chi connectivity index (χ0v) is 4.90. The Bertz CT molecular complexity index is 180. The van der Waals surface area contributed by atoms with E-state index in [0.29, 0.717) is 5.82 Å². The van der Waals surface area contributed by atoms with Crippen molar-refractivity contribution in [2.24, 2.45) is 0 Å². The van der Waals surface area contributed by atoms with Crippen molar-refractivity contribution in [3.8, 4) is 0 Å². The van der Waals surface area contributed by atoms with Crippen LogP contribution in [0.25, 0.3) is 0 Å². The van der Waals surface area contributed by atoms with Crippen LogP contribution < -0.4 is 10.8 Å². The van der Waals surface area contributed by atoms with E-state index in [2.05, 4.69) is 10.2 Å². The lowest BCUT2D eigenvalue weighted by atomic mass is 10.7. The van der Waals surface area contributed by atoms with E-state index in [0.717, 1.165) is 0 Å². The minimum absolute atomic E-state index is 0.662. The Morgan fingerprint density at radius 2 is 2.20 bits per heavy atom. The van der Waals surface area contributed by atoms with E-state index >= 15 is 0 Å². The third-order valence-corrected chi connectivity index (χ3v) is 0.563. The van der Waals surface area contributed by atoms with Gasteiger partial charge in [-0.15, -0.1) is 5.10 Å². The van der Waals surface area contributed by atoms with Crippen molar-refractivity contribution in [3.05, 3.63) is 27.6 Å². The van der Waals surface area contributed by atoms with Crippen molar-refractivity contribution in [1.29, 1.82) is 0 Å². The van der Waals surface area contributed by atoms with Crippen LogP contribution in [0.1, 0.15) is 0 Å². The average Bonchev–Trinajstić information content (AvgIpc) is 2.15. The monoisotopic (exact) mass is 146 g/mol. The van der Waals surface area contributed by atoms with Gasteiger partial charge in [0.2, 0.25) is 0 Å². The number of H-pyrrole nitrogens is 2. The molecule has 0 saturated carbocycles. The second-order valence-corrected chi connectivity index (χ2v) is 1.28. The molecule has 1 rings (SSSR count). The first-order chi connectivity index (χ1) is 4.63. The van der Waals surface area contributed by atoms with Gasteiger partial charge in [-0.25, -0.2) is 0 Å². The predicted molar refractivity (Wildman–Crippen MR) is 32.1 cm³/mol. The highest BCUT2D eigenvalue weighted by Crippen LogP contribution is 1.82. The first-order valence-electron chi connectivity index (χ1n) is 2.25. The number of hydrogen-bond acceptors (Lipinski definition) is 4. The van der Waals surface area contributed by atoms with E-state index < -0.39 is 5.09 Å². The fraction of sp³-hybridized carbons (Fsp3) is 0. The van der Waals surface area contributed by atoms with Gasteiger partial charge in [-0.2, -0.15) is 5.10 Å². The minimum atomic E-state index is -1.75. The van der Waals surface area contributed by atoms with Gasteiger partial charge in [-0.05, 0) is 0 Å². The van der Waals surface area contributed by atoms with Crippen molar-refractivity contribution in [1.82, 2.24) is 5.10 Å². The van der Waals surface area contributed by atoms with Gasteiger partial charge in [0.05, 0.1) is 5.09 Å². The molecule has 0 aliphatic carbocycles. The lowest BCUT2D eigenvalue weighted by molar-refractivity contribution is -0.447. The van der Waals surface area contributed by atoms with Crippen molar-refractivity contribution in [2.75, 3.05) is 5.73 Å². The second-order valence-electron chi connectivity index (χ2n) is 1.28. The summed E-state index contributed by atoms with van der Waals surface area (Å²) in [4.78, 5) is 8.25. The number of aromatic amines is 2. The number of hydrogen-bond donors (Lipinski definition) is 2. The Balaban J connectivity index is 0.000000180. The fourth-order valence-corrected chi connectivity index (χ4v) is 0.298. The van der Waals surface area contributed by atoms with E-state index in [4.69, 9.17) is 21.1 Å². The third-order valence-electron chi connectivity index (χ3n) is 0.563. The molecule has 0 saturated heterocycles. The normalized spacial score (nSPS) is 7.60. The predicted octanol–water partition coefficient (Wildman–Crippen LogP) is -0.828. The zero-order valence-electron chi connectivity index (χ0n) is 4.90. The van der Waals surface area contributed by atoms with Crippen molar-refractivity contribution in [3.63, 3.8) is 0 Å². The van der Waals surface area contributed by atoms with Gasteiger partial charge in [0.1, 0.15) is 0 Å². The standard InChI is InChI=1S/C3H5N3.NO3/c4-3-1-2-5-6-3;2-1(3)4/h1-2H,(H3,4,5,6);/q;-1/p+1. The molecule has 1 aromatic rings. The molecule has 10 heavy (non-hydrogen) atoms. The van der Waals surface area contributed by atoms with Crippen LogP contribution in [0.4, 0.5) is 5.82 Å². The number of anilines is 1. The summed E-state index contributed by atoms with van der Waals surface area (Å²) in [6.45, 7) is 0. The molecular formula is C3H6N4O3. The van der Waals surface area contributed by atoms with Crippen LogP contribution in [0.2, 0.25) is 0 Å². The Kier molecular flexibility index (Phi) is 3.39. The van der Waals surface area contributed by atoms with Gasteiger partial charge < -0.3 is 21.1 Å². The quantitative estimate of drug-likeness (QED) is 0.366. The Morgan fingerprint density at radius 1 is 1.70 bits per heavy atom. The van der Waals surface area contributed by atoms with Gasteiger partial charge in [0, 0.05) is 6.07 Å². The number of rotatable bonds is 0. The van der Waals surface area contributed by atoms with Gasteiger partial charge in [0.15, 0.2) is 12.0 Å². The fourth-order valence-electron chi connectivity index (χ4n) is 0.298. The molecule has 0 aliphatic heterocycles. The van der Waals surface area contributed by atoms with Crippen molar-refractivity contribution < 1.29 is 10.2 Å². The summed E-state index contributed by atoms with van der Waals surface area (Å²) in [5.74, 6) is 0.662. The van der Waals surface area contributed by atoms with Crippen LogP contribution in [-0.4, -0.2) is 10.2 Å². The lowest BCUT2D eigenvalue weighted by Gasteiger charge is -1.74. The van der Waals surface area contributed by atoms with Gasteiger partial charge in [0.25, 0.3) is 0 Å². The number of nitrogen functional groups attached to an aromatic ring is 1. The first-order valence-corrected chi connectivity index (χ1v) is 2.25. The minimum Gasteiger partial charge on any atom is -0.381 e. The molecule has 56 valence electrons. The molecular weight excluding hydrogens is 140 g/mol. The van der Waals surface area contributed by atoms with Crippen LogP contribution in [-0.2, 0) is 0 Å². The number of aromatic nitrogens is 2. The second kappa shape index (κ2) is 4.13. The van der Waals surface area contributed by atoms with E-state index in [1.807, 2.05) is 0 Å². The molecule has 7 nitrogen and oxygen atoms in total. The summed E-state index contributed by atoms with van der Waals surface area (Å²) >= 11 is 0.